The lowest BCUT2D eigenvalue weighted by Gasteiger charge is -2.31. The van der Waals surface area contributed by atoms with Crippen LogP contribution in [0.1, 0.15) is 28.3 Å². The predicted octanol–water partition coefficient (Wildman–Crippen LogP) is 1.79. The molecule has 0 bridgehead atoms. The normalized spacial score (nSPS) is 20.4. The molecule has 2 aromatic heterocycles. The van der Waals surface area contributed by atoms with Crippen LogP contribution >= 0.6 is 11.3 Å². The van der Waals surface area contributed by atoms with Gasteiger partial charge in [0.2, 0.25) is 0 Å². The summed E-state index contributed by atoms with van der Waals surface area (Å²) in [6, 6.07) is 5.21. The van der Waals surface area contributed by atoms with E-state index in [1.165, 1.54) is 11.3 Å². The Morgan fingerprint density at radius 1 is 1.40 bits per heavy atom. The highest BCUT2D eigenvalue weighted by molar-refractivity contribution is 7.07. The predicted molar refractivity (Wildman–Crippen MR) is 92.3 cm³/mol. The Balaban J connectivity index is 1.60. The van der Waals surface area contributed by atoms with Gasteiger partial charge in [-0.15, -0.1) is 11.3 Å². The Morgan fingerprint density at radius 3 is 3.12 bits per heavy atom. The van der Waals surface area contributed by atoms with Gasteiger partial charge in [0, 0.05) is 19.1 Å². The Bertz CT molecular complexity index is 680. The number of amides is 1. The molecule has 3 rings (SSSR count). The van der Waals surface area contributed by atoms with Crippen molar-refractivity contribution >= 4 is 17.2 Å². The Hall–Kier alpha value is -1.87. The fraction of sp³-hybridized carbons (Fsp3) is 0.471. The minimum atomic E-state index is -0.216. The van der Waals surface area contributed by atoms with Crippen molar-refractivity contribution in [2.24, 2.45) is 0 Å². The van der Waals surface area contributed by atoms with E-state index in [-0.39, 0.29) is 18.1 Å². The maximum Gasteiger partial charge on any atom is 0.270 e. The standard InChI is InChI=1S/C17H21N3O4S/c1-22-7-12-3-2-4-15(19-12)17(21)20-14-5-6-23-9-16(14)24-8-13-10-25-11-18-13/h2-4,10-11,14,16H,5-9H2,1H3,(H,20,21)/t14-,16-/m1/s1. The largest absolute Gasteiger partial charge is 0.379 e. The number of methoxy groups -OCH3 is 1. The Kier molecular flexibility index (Phi) is 6.46. The van der Waals surface area contributed by atoms with Gasteiger partial charge in [0.15, 0.2) is 0 Å². The minimum absolute atomic E-state index is 0.118. The van der Waals surface area contributed by atoms with Gasteiger partial charge in [-0.25, -0.2) is 9.97 Å². The van der Waals surface area contributed by atoms with Crippen LogP contribution in [0.2, 0.25) is 0 Å². The molecule has 1 fully saturated rings. The molecule has 2 atom stereocenters. The topological polar surface area (TPSA) is 82.6 Å². The summed E-state index contributed by atoms with van der Waals surface area (Å²) in [6.07, 6.45) is 0.493. The van der Waals surface area contributed by atoms with Crippen LogP contribution in [0.5, 0.6) is 0 Å². The van der Waals surface area contributed by atoms with Crippen LogP contribution in [-0.2, 0) is 27.4 Å². The number of nitrogens with zero attached hydrogens (tertiary/aromatic N) is 2. The highest BCUT2D eigenvalue weighted by atomic mass is 32.1. The zero-order valence-corrected chi connectivity index (χ0v) is 14.8. The molecule has 0 spiro atoms. The molecule has 1 aliphatic rings. The fourth-order valence-electron chi connectivity index (χ4n) is 2.62. The molecule has 1 N–H and O–H groups in total. The summed E-state index contributed by atoms with van der Waals surface area (Å²) in [4.78, 5) is 21.1. The summed E-state index contributed by atoms with van der Waals surface area (Å²) in [5.41, 5.74) is 3.75. The summed E-state index contributed by atoms with van der Waals surface area (Å²) >= 11 is 1.53. The first-order valence-corrected chi connectivity index (χ1v) is 9.02. The number of hydrogen-bond donors (Lipinski definition) is 1. The van der Waals surface area contributed by atoms with E-state index in [2.05, 4.69) is 15.3 Å². The van der Waals surface area contributed by atoms with E-state index in [9.17, 15) is 4.79 Å². The van der Waals surface area contributed by atoms with Gasteiger partial charge in [0.25, 0.3) is 5.91 Å². The average molecular weight is 363 g/mol. The second-order valence-electron chi connectivity index (χ2n) is 5.72. The van der Waals surface area contributed by atoms with Crippen LogP contribution < -0.4 is 5.32 Å². The number of carbonyl (C=O) groups is 1. The van der Waals surface area contributed by atoms with E-state index >= 15 is 0 Å². The molecule has 1 aliphatic heterocycles. The monoisotopic (exact) mass is 363 g/mol. The van der Waals surface area contributed by atoms with E-state index in [4.69, 9.17) is 14.2 Å². The molecule has 0 aliphatic carbocycles. The van der Waals surface area contributed by atoms with E-state index in [1.54, 1.807) is 24.8 Å². The van der Waals surface area contributed by atoms with Crippen molar-refractivity contribution < 1.29 is 19.0 Å². The second-order valence-corrected chi connectivity index (χ2v) is 6.44. The van der Waals surface area contributed by atoms with E-state index < -0.39 is 0 Å². The fourth-order valence-corrected chi connectivity index (χ4v) is 3.16. The zero-order chi connectivity index (χ0) is 17.5. The molecule has 0 unspecified atom stereocenters. The maximum absolute atomic E-state index is 12.5. The van der Waals surface area contributed by atoms with E-state index in [1.807, 2.05) is 11.4 Å². The van der Waals surface area contributed by atoms with Gasteiger partial charge >= 0.3 is 0 Å². The Labute approximate surface area is 150 Å². The van der Waals surface area contributed by atoms with Gasteiger partial charge in [0.05, 0.1) is 42.8 Å². The van der Waals surface area contributed by atoms with Crippen LogP contribution in [-0.4, -0.2) is 48.3 Å². The SMILES string of the molecule is COCc1cccc(C(=O)N[C@@H]2CCOC[C@H]2OCc2cscn2)n1. The number of nitrogens with one attached hydrogen (secondary N) is 1. The molecule has 0 radical (unpaired) electrons. The smallest absolute Gasteiger partial charge is 0.270 e. The quantitative estimate of drug-likeness (QED) is 0.808. The molecule has 3 heterocycles. The van der Waals surface area contributed by atoms with Gasteiger partial charge < -0.3 is 19.5 Å². The number of thiazole rings is 1. The molecular formula is C17H21N3O4S. The summed E-state index contributed by atoms with van der Waals surface area (Å²) < 4.78 is 16.5. The van der Waals surface area contributed by atoms with Crippen LogP contribution in [0, 0.1) is 0 Å². The van der Waals surface area contributed by atoms with Crippen molar-refractivity contribution in [3.63, 3.8) is 0 Å². The molecule has 25 heavy (non-hydrogen) atoms. The van der Waals surface area contributed by atoms with Crippen LogP contribution in [0.3, 0.4) is 0 Å². The van der Waals surface area contributed by atoms with Crippen molar-refractivity contribution in [2.45, 2.75) is 31.8 Å². The van der Waals surface area contributed by atoms with Gasteiger partial charge in [0.1, 0.15) is 11.8 Å². The van der Waals surface area contributed by atoms with Gasteiger partial charge in [-0.1, -0.05) is 6.07 Å². The van der Waals surface area contributed by atoms with E-state index in [0.29, 0.717) is 38.5 Å². The average Bonchev–Trinajstić information content (AvgIpc) is 3.15. The molecule has 134 valence electrons. The highest BCUT2D eigenvalue weighted by Gasteiger charge is 2.28. The van der Waals surface area contributed by atoms with Crippen LogP contribution in [0.4, 0.5) is 0 Å². The summed E-state index contributed by atoms with van der Waals surface area (Å²) in [6.45, 7) is 1.83. The number of ether oxygens (including phenoxy) is 3. The third-order valence-corrected chi connectivity index (χ3v) is 4.52. The third-order valence-electron chi connectivity index (χ3n) is 3.88. The summed E-state index contributed by atoms with van der Waals surface area (Å²) in [5, 5.41) is 4.97. The highest BCUT2D eigenvalue weighted by Crippen LogP contribution is 2.15. The number of rotatable bonds is 7. The lowest BCUT2D eigenvalue weighted by atomic mass is 10.1. The first-order valence-electron chi connectivity index (χ1n) is 8.08. The Morgan fingerprint density at radius 2 is 2.32 bits per heavy atom. The van der Waals surface area contributed by atoms with Crippen molar-refractivity contribution in [3.05, 3.63) is 46.2 Å². The molecule has 7 nitrogen and oxygen atoms in total. The molecule has 1 saturated heterocycles. The lowest BCUT2D eigenvalue weighted by Crippen LogP contribution is -2.50. The van der Waals surface area contributed by atoms with Crippen molar-refractivity contribution in [3.8, 4) is 0 Å². The summed E-state index contributed by atoms with van der Waals surface area (Å²) in [7, 11) is 1.60. The van der Waals surface area contributed by atoms with Crippen molar-refractivity contribution in [1.82, 2.24) is 15.3 Å². The van der Waals surface area contributed by atoms with Crippen LogP contribution in [0.25, 0.3) is 0 Å². The number of hydrogen-bond acceptors (Lipinski definition) is 7. The maximum atomic E-state index is 12.5. The molecule has 0 aromatic carbocycles. The first-order chi connectivity index (χ1) is 12.3. The second kappa shape index (κ2) is 9.00. The molecule has 0 saturated carbocycles. The lowest BCUT2D eigenvalue weighted by molar-refractivity contribution is -0.0742. The van der Waals surface area contributed by atoms with Gasteiger partial charge in [-0.2, -0.15) is 0 Å². The van der Waals surface area contributed by atoms with E-state index in [0.717, 1.165) is 11.4 Å². The van der Waals surface area contributed by atoms with Gasteiger partial charge in [-0.05, 0) is 18.6 Å². The molecule has 1 amide bonds. The summed E-state index contributed by atoms with van der Waals surface area (Å²) in [5.74, 6) is -0.216. The minimum Gasteiger partial charge on any atom is -0.379 e. The van der Waals surface area contributed by atoms with Crippen molar-refractivity contribution in [2.75, 3.05) is 20.3 Å². The number of pyridine rings is 1. The van der Waals surface area contributed by atoms with Crippen molar-refractivity contribution in [1.29, 1.82) is 0 Å². The van der Waals surface area contributed by atoms with Gasteiger partial charge in [-0.3, -0.25) is 4.79 Å². The molecule has 2 aromatic rings. The van der Waals surface area contributed by atoms with Crippen LogP contribution in [0.15, 0.2) is 29.1 Å². The molecular weight excluding hydrogens is 342 g/mol. The first kappa shape index (κ1) is 17.9. The number of carbonyl (C=O) groups excluding carboxylic acids is 1. The zero-order valence-electron chi connectivity index (χ0n) is 14.0. The number of aromatic nitrogens is 2. The molecule has 8 heteroatoms. The third kappa shape index (κ3) is 5.05.